The smallest absolute Gasteiger partial charge is 0.257 e. The summed E-state index contributed by atoms with van der Waals surface area (Å²) in [7, 11) is 1.57. The Morgan fingerprint density at radius 2 is 1.75 bits per heavy atom. The number of nitrogens with one attached hydrogen (secondary N) is 2. The van der Waals surface area contributed by atoms with E-state index in [9.17, 15) is 9.59 Å². The standard InChI is InChI=1S/C21H21N3O3S/c1-3-14-4-8-16(9-5-14)22-19(25)12-17-13-28-21(23-17)24-20(26)15-6-10-18(27-2)11-7-15/h4-11,13H,3,12H2,1-2H3,(H,22,25)(H,23,24,26). The van der Waals surface area contributed by atoms with Crippen LogP contribution in [0.15, 0.2) is 53.9 Å². The van der Waals surface area contributed by atoms with Crippen molar-refractivity contribution < 1.29 is 14.3 Å². The molecule has 0 spiro atoms. The highest BCUT2D eigenvalue weighted by molar-refractivity contribution is 7.14. The van der Waals surface area contributed by atoms with E-state index in [2.05, 4.69) is 22.5 Å². The van der Waals surface area contributed by atoms with Crippen LogP contribution in [0.5, 0.6) is 5.75 Å². The Morgan fingerprint density at radius 3 is 2.39 bits per heavy atom. The molecule has 0 aliphatic rings. The van der Waals surface area contributed by atoms with Gasteiger partial charge in [-0.05, 0) is 48.4 Å². The zero-order valence-corrected chi connectivity index (χ0v) is 16.5. The number of methoxy groups -OCH3 is 1. The van der Waals surface area contributed by atoms with Gasteiger partial charge in [-0.2, -0.15) is 0 Å². The number of nitrogens with zero attached hydrogens (tertiary/aromatic N) is 1. The number of aryl methyl sites for hydroxylation is 1. The van der Waals surface area contributed by atoms with Crippen molar-refractivity contribution in [2.75, 3.05) is 17.7 Å². The Bertz CT molecular complexity index is 950. The van der Waals surface area contributed by atoms with Crippen LogP contribution < -0.4 is 15.4 Å². The normalized spacial score (nSPS) is 10.4. The van der Waals surface area contributed by atoms with E-state index in [0.717, 1.165) is 12.1 Å². The van der Waals surface area contributed by atoms with Crippen LogP contribution in [0.4, 0.5) is 10.8 Å². The molecule has 3 rings (SSSR count). The fourth-order valence-corrected chi connectivity index (χ4v) is 3.26. The Hall–Kier alpha value is -3.19. The lowest BCUT2D eigenvalue weighted by molar-refractivity contribution is -0.115. The Kier molecular flexibility index (Phi) is 6.39. The van der Waals surface area contributed by atoms with E-state index in [4.69, 9.17) is 4.74 Å². The van der Waals surface area contributed by atoms with Crippen LogP contribution in [-0.4, -0.2) is 23.9 Å². The number of carbonyl (C=O) groups is 2. The molecule has 2 amide bonds. The first-order chi connectivity index (χ1) is 13.6. The number of carbonyl (C=O) groups excluding carboxylic acids is 2. The molecular weight excluding hydrogens is 374 g/mol. The molecule has 144 valence electrons. The zero-order valence-electron chi connectivity index (χ0n) is 15.7. The van der Waals surface area contributed by atoms with Crippen molar-refractivity contribution >= 4 is 34.0 Å². The van der Waals surface area contributed by atoms with Crippen molar-refractivity contribution in [3.63, 3.8) is 0 Å². The maximum absolute atomic E-state index is 12.3. The quantitative estimate of drug-likeness (QED) is 0.630. The molecule has 1 aromatic heterocycles. The number of hydrogen-bond donors (Lipinski definition) is 2. The topological polar surface area (TPSA) is 80.3 Å². The second kappa shape index (κ2) is 9.14. The fourth-order valence-electron chi connectivity index (χ4n) is 2.55. The van der Waals surface area contributed by atoms with Crippen molar-refractivity contribution in [2.24, 2.45) is 0 Å². The average Bonchev–Trinajstić information content (AvgIpc) is 3.15. The molecule has 2 aromatic carbocycles. The molecule has 0 saturated heterocycles. The number of aromatic nitrogens is 1. The first kappa shape index (κ1) is 19.6. The highest BCUT2D eigenvalue weighted by atomic mass is 32.1. The van der Waals surface area contributed by atoms with Gasteiger partial charge in [-0.3, -0.25) is 14.9 Å². The summed E-state index contributed by atoms with van der Waals surface area (Å²) in [4.78, 5) is 28.8. The van der Waals surface area contributed by atoms with Gasteiger partial charge in [0.15, 0.2) is 5.13 Å². The van der Waals surface area contributed by atoms with Gasteiger partial charge in [0.2, 0.25) is 5.91 Å². The Labute approximate surface area is 167 Å². The third-order valence-corrected chi connectivity index (χ3v) is 4.92. The van der Waals surface area contributed by atoms with Gasteiger partial charge < -0.3 is 10.1 Å². The minimum Gasteiger partial charge on any atom is -0.497 e. The SMILES string of the molecule is CCc1ccc(NC(=O)Cc2csc(NC(=O)c3ccc(OC)cc3)n2)cc1. The summed E-state index contributed by atoms with van der Waals surface area (Å²) in [5.41, 5.74) is 3.09. The van der Waals surface area contributed by atoms with Gasteiger partial charge in [-0.15, -0.1) is 11.3 Å². The molecule has 0 aliphatic carbocycles. The van der Waals surface area contributed by atoms with Gasteiger partial charge in [0.25, 0.3) is 5.91 Å². The molecule has 28 heavy (non-hydrogen) atoms. The summed E-state index contributed by atoms with van der Waals surface area (Å²) >= 11 is 1.29. The van der Waals surface area contributed by atoms with E-state index < -0.39 is 0 Å². The molecule has 7 heteroatoms. The first-order valence-corrected chi connectivity index (χ1v) is 9.74. The summed E-state index contributed by atoms with van der Waals surface area (Å²) in [5.74, 6) is 0.273. The molecule has 0 aliphatic heterocycles. The number of anilines is 2. The minimum absolute atomic E-state index is 0.143. The monoisotopic (exact) mass is 395 g/mol. The third kappa shape index (κ3) is 5.17. The van der Waals surface area contributed by atoms with Crippen molar-refractivity contribution in [3.8, 4) is 5.75 Å². The zero-order chi connectivity index (χ0) is 19.9. The number of thiazole rings is 1. The number of benzene rings is 2. The lowest BCUT2D eigenvalue weighted by Gasteiger charge is -2.05. The number of hydrogen-bond acceptors (Lipinski definition) is 5. The van der Waals surface area contributed by atoms with E-state index in [1.54, 1.807) is 36.8 Å². The van der Waals surface area contributed by atoms with E-state index >= 15 is 0 Å². The van der Waals surface area contributed by atoms with Crippen LogP contribution in [0.2, 0.25) is 0 Å². The molecular formula is C21H21N3O3S. The van der Waals surface area contributed by atoms with Gasteiger partial charge in [0.05, 0.1) is 19.2 Å². The molecule has 0 bridgehead atoms. The predicted molar refractivity (Wildman–Crippen MR) is 111 cm³/mol. The van der Waals surface area contributed by atoms with Crippen molar-refractivity contribution in [1.82, 2.24) is 4.98 Å². The van der Waals surface area contributed by atoms with Crippen molar-refractivity contribution in [2.45, 2.75) is 19.8 Å². The molecule has 0 atom stereocenters. The third-order valence-electron chi connectivity index (χ3n) is 4.11. The van der Waals surface area contributed by atoms with E-state index in [1.165, 1.54) is 16.9 Å². The molecule has 0 saturated carbocycles. The van der Waals surface area contributed by atoms with Gasteiger partial charge in [0.1, 0.15) is 5.75 Å². The van der Waals surface area contributed by atoms with E-state index in [-0.39, 0.29) is 18.2 Å². The van der Waals surface area contributed by atoms with Crippen LogP contribution in [-0.2, 0) is 17.6 Å². The minimum atomic E-state index is -0.260. The summed E-state index contributed by atoms with van der Waals surface area (Å²) in [5, 5.41) is 7.82. The maximum Gasteiger partial charge on any atom is 0.257 e. The van der Waals surface area contributed by atoms with Crippen molar-refractivity contribution in [3.05, 3.63) is 70.7 Å². The fraction of sp³-hybridized carbons (Fsp3) is 0.190. The van der Waals surface area contributed by atoms with Gasteiger partial charge in [-0.1, -0.05) is 19.1 Å². The van der Waals surface area contributed by atoms with E-state index in [1.807, 2.05) is 24.3 Å². The molecule has 6 nitrogen and oxygen atoms in total. The van der Waals surface area contributed by atoms with Crippen molar-refractivity contribution in [1.29, 1.82) is 0 Å². The molecule has 1 heterocycles. The first-order valence-electron chi connectivity index (χ1n) is 8.86. The second-order valence-electron chi connectivity index (χ2n) is 6.10. The highest BCUT2D eigenvalue weighted by Gasteiger charge is 2.12. The Morgan fingerprint density at radius 1 is 1.04 bits per heavy atom. The van der Waals surface area contributed by atoms with Crippen LogP contribution >= 0.6 is 11.3 Å². The van der Waals surface area contributed by atoms with Crippen LogP contribution in [0, 0.1) is 0 Å². The predicted octanol–water partition coefficient (Wildman–Crippen LogP) is 4.15. The number of amides is 2. The summed E-state index contributed by atoms with van der Waals surface area (Å²) < 4.78 is 5.08. The number of ether oxygens (including phenoxy) is 1. The highest BCUT2D eigenvalue weighted by Crippen LogP contribution is 2.19. The Balaban J connectivity index is 1.55. The molecule has 3 aromatic rings. The van der Waals surface area contributed by atoms with Gasteiger partial charge >= 0.3 is 0 Å². The molecule has 2 N–H and O–H groups in total. The second-order valence-corrected chi connectivity index (χ2v) is 6.96. The van der Waals surface area contributed by atoms with Gasteiger partial charge in [0, 0.05) is 16.6 Å². The molecule has 0 radical (unpaired) electrons. The average molecular weight is 395 g/mol. The lowest BCUT2D eigenvalue weighted by Crippen LogP contribution is -2.15. The maximum atomic E-state index is 12.3. The van der Waals surface area contributed by atoms with Crippen LogP contribution in [0.25, 0.3) is 0 Å². The van der Waals surface area contributed by atoms with E-state index in [0.29, 0.717) is 22.1 Å². The number of rotatable bonds is 7. The molecule has 0 fully saturated rings. The molecule has 0 unspecified atom stereocenters. The lowest BCUT2D eigenvalue weighted by atomic mass is 10.1. The summed E-state index contributed by atoms with van der Waals surface area (Å²) in [6.45, 7) is 2.08. The largest absolute Gasteiger partial charge is 0.497 e. The summed E-state index contributed by atoms with van der Waals surface area (Å²) in [6, 6.07) is 14.6. The summed E-state index contributed by atoms with van der Waals surface area (Å²) in [6.07, 6.45) is 1.10. The van der Waals surface area contributed by atoms with Crippen LogP contribution in [0.3, 0.4) is 0 Å². The van der Waals surface area contributed by atoms with Gasteiger partial charge in [-0.25, -0.2) is 4.98 Å². The van der Waals surface area contributed by atoms with Crippen LogP contribution in [0.1, 0.15) is 28.5 Å².